The summed E-state index contributed by atoms with van der Waals surface area (Å²) < 4.78 is 0. The van der Waals surface area contributed by atoms with E-state index in [-0.39, 0.29) is 16.7 Å². The van der Waals surface area contributed by atoms with Crippen LogP contribution in [0, 0.1) is 68.0 Å². The van der Waals surface area contributed by atoms with Crippen molar-refractivity contribution in [3.63, 3.8) is 0 Å². The van der Waals surface area contributed by atoms with Crippen LogP contribution in [-0.4, -0.2) is 0 Å². The first-order valence-electron chi connectivity index (χ1n) is 20.1. The molecule has 13 heteroatoms. The molecule has 0 spiro atoms. The summed E-state index contributed by atoms with van der Waals surface area (Å²) in [6.07, 6.45) is 4.85. The Morgan fingerprint density at radius 2 is 0.507 bits per heavy atom. The molecule has 0 saturated heterocycles. The normalized spacial score (nSPS) is 10.3. The summed E-state index contributed by atoms with van der Waals surface area (Å²) in [5.74, 6) is 0. The van der Waals surface area contributed by atoms with E-state index in [0.29, 0.717) is 0 Å². The van der Waals surface area contributed by atoms with Gasteiger partial charge in [0.1, 0.15) is 53.1 Å². The fourth-order valence-corrected chi connectivity index (χ4v) is 13.2. The molecule has 0 aliphatic rings. The van der Waals surface area contributed by atoms with Crippen molar-refractivity contribution in [2.75, 3.05) is 4.90 Å². The molecule has 0 saturated carbocycles. The minimum atomic E-state index is 0.0808. The highest BCUT2D eigenvalue weighted by Crippen LogP contribution is 2.44. The number of rotatable bonds is 12. The molecule has 314 valence electrons. The van der Waals surface area contributed by atoms with Crippen LogP contribution in [-0.2, 0) is 0 Å². The predicted molar refractivity (Wildman–Crippen MR) is 279 cm³/mol. The van der Waals surface area contributed by atoms with Crippen LogP contribution in [0.4, 0.5) is 17.1 Å². The zero-order valence-electron chi connectivity index (χ0n) is 34.7. The summed E-state index contributed by atoms with van der Waals surface area (Å²) in [6.45, 7) is 0. The summed E-state index contributed by atoms with van der Waals surface area (Å²) >= 11 is 9.74. The van der Waals surface area contributed by atoms with Crippen molar-refractivity contribution in [2.45, 2.75) is 0 Å². The Labute approximate surface area is 410 Å². The van der Waals surface area contributed by atoms with E-state index >= 15 is 0 Å². The van der Waals surface area contributed by atoms with Gasteiger partial charge in [-0.3, -0.25) is 0 Å². The monoisotopic (exact) mass is 965 g/mol. The van der Waals surface area contributed by atoms with Crippen LogP contribution in [0.3, 0.4) is 0 Å². The molecule has 0 unspecified atom stereocenters. The summed E-state index contributed by atoms with van der Waals surface area (Å²) in [5, 5.41) is 55.2. The van der Waals surface area contributed by atoms with Crippen LogP contribution in [0.15, 0.2) is 162 Å². The van der Waals surface area contributed by atoms with E-state index < -0.39 is 0 Å². The summed E-state index contributed by atoms with van der Waals surface area (Å²) in [5.41, 5.74) is 6.51. The van der Waals surface area contributed by atoms with Gasteiger partial charge in [-0.25, -0.2) is 0 Å². The number of hydrogen-bond donors (Lipinski definition) is 0. The first-order valence-corrected chi connectivity index (χ1v) is 25.0. The van der Waals surface area contributed by atoms with Crippen LogP contribution in [0.2, 0.25) is 0 Å². The molecule has 7 nitrogen and oxygen atoms in total. The van der Waals surface area contributed by atoms with Crippen LogP contribution in [0.1, 0.15) is 14.6 Å². The van der Waals surface area contributed by atoms with Crippen LogP contribution in [0.25, 0.3) is 78.8 Å². The zero-order valence-corrected chi connectivity index (χ0v) is 39.6. The zero-order chi connectivity index (χ0) is 46.3. The van der Waals surface area contributed by atoms with Crippen molar-refractivity contribution in [2.24, 2.45) is 0 Å². The number of benzene rings is 3. The van der Waals surface area contributed by atoms with Gasteiger partial charge in [-0.1, -0.05) is 36.4 Å². The van der Waals surface area contributed by atoms with Crippen LogP contribution < -0.4 is 4.90 Å². The molecule has 0 amide bonds. The molecule has 3 aromatic carbocycles. The Hall–Kier alpha value is -8.18. The minimum Gasteiger partial charge on any atom is -0.311 e. The molecule has 0 atom stereocenters. The van der Waals surface area contributed by atoms with Gasteiger partial charge in [0.2, 0.25) is 0 Å². The van der Waals surface area contributed by atoms with Crippen LogP contribution >= 0.6 is 68.0 Å². The minimum absolute atomic E-state index is 0.0808. The molecule has 0 aliphatic heterocycles. The van der Waals surface area contributed by atoms with E-state index in [2.05, 4.69) is 114 Å². The number of nitrogens with zero attached hydrogens (tertiary/aromatic N) is 7. The summed E-state index contributed by atoms with van der Waals surface area (Å²) in [6, 6.07) is 62.0. The lowest BCUT2D eigenvalue weighted by Crippen LogP contribution is -2.09. The largest absolute Gasteiger partial charge is 0.311 e. The van der Waals surface area contributed by atoms with E-state index in [9.17, 15) is 31.6 Å². The molecule has 0 radical (unpaired) electrons. The molecule has 0 bridgehead atoms. The highest BCUT2D eigenvalue weighted by molar-refractivity contribution is 7.25. The lowest BCUT2D eigenvalue weighted by Gasteiger charge is -2.26. The molecule has 0 aliphatic carbocycles. The number of thiophene rings is 6. The average molecular weight is 966 g/mol. The molecule has 6 aromatic heterocycles. The third kappa shape index (κ3) is 9.77. The second-order valence-electron chi connectivity index (χ2n) is 14.4. The fraction of sp³-hybridized carbons (Fsp3) is 0. The SMILES string of the molecule is N#CC(C#N)=Cc1ccc(-c2ccc(-c3ccc(N(c4ccc(-c5ccc(-c6ccc(C=C(C#N)C#N)s6)s5)cc4)c4ccc(-c5ccc(-c6ccc(C=C(C#N)C#N)s6)s5)cc4)cc3)s2)s1. The van der Waals surface area contributed by atoms with Gasteiger partial charge in [0.15, 0.2) is 0 Å². The lowest BCUT2D eigenvalue weighted by molar-refractivity contribution is 1.28. The highest BCUT2D eigenvalue weighted by Gasteiger charge is 2.17. The maximum absolute atomic E-state index is 9.19. The van der Waals surface area contributed by atoms with Crippen molar-refractivity contribution >= 4 is 103 Å². The number of hydrogen-bond acceptors (Lipinski definition) is 13. The maximum atomic E-state index is 9.19. The lowest BCUT2D eigenvalue weighted by atomic mass is 10.1. The van der Waals surface area contributed by atoms with Gasteiger partial charge in [-0.15, -0.1) is 68.0 Å². The van der Waals surface area contributed by atoms with Crippen LogP contribution in [0.5, 0.6) is 0 Å². The van der Waals surface area contributed by atoms with E-state index in [1.54, 1.807) is 86.2 Å². The molecular weight excluding hydrogens is 939 g/mol. The van der Waals surface area contributed by atoms with E-state index in [1.807, 2.05) is 72.8 Å². The molecule has 67 heavy (non-hydrogen) atoms. The number of anilines is 3. The first kappa shape index (κ1) is 44.0. The van der Waals surface area contributed by atoms with Crippen molar-refractivity contribution in [1.29, 1.82) is 31.6 Å². The maximum Gasteiger partial charge on any atom is 0.131 e. The van der Waals surface area contributed by atoms with Crippen molar-refractivity contribution in [1.82, 2.24) is 0 Å². The van der Waals surface area contributed by atoms with Gasteiger partial charge in [0.25, 0.3) is 0 Å². The van der Waals surface area contributed by atoms with Gasteiger partial charge in [-0.05, 0) is 144 Å². The quantitative estimate of drug-likeness (QED) is 0.111. The second kappa shape index (κ2) is 19.9. The van der Waals surface area contributed by atoms with Crippen molar-refractivity contribution < 1.29 is 0 Å². The topological polar surface area (TPSA) is 146 Å². The number of allylic oxidation sites excluding steroid dienone is 3. The Morgan fingerprint density at radius 1 is 0.284 bits per heavy atom. The van der Waals surface area contributed by atoms with Gasteiger partial charge in [0, 0.05) is 75.6 Å². The molecule has 0 fully saturated rings. The Morgan fingerprint density at radius 3 is 0.761 bits per heavy atom. The van der Waals surface area contributed by atoms with E-state index in [0.717, 1.165) is 92.3 Å². The van der Waals surface area contributed by atoms with E-state index in [4.69, 9.17) is 0 Å². The summed E-state index contributed by atoms with van der Waals surface area (Å²) in [4.78, 5) is 14.8. The third-order valence-electron chi connectivity index (χ3n) is 10.2. The first-order chi connectivity index (χ1) is 32.8. The predicted octanol–water partition coefficient (Wildman–Crippen LogP) is 16.8. The van der Waals surface area contributed by atoms with Gasteiger partial charge in [-0.2, -0.15) is 31.6 Å². The number of nitriles is 6. The van der Waals surface area contributed by atoms with Gasteiger partial charge in [0.05, 0.1) is 0 Å². The Balaban J connectivity index is 0.999. The van der Waals surface area contributed by atoms with Crippen molar-refractivity contribution in [3.8, 4) is 97.0 Å². The average Bonchev–Trinajstić information content (AvgIpc) is 4.24. The Kier molecular flexibility index (Phi) is 13.1. The fourth-order valence-electron chi connectivity index (χ4n) is 7.03. The smallest absolute Gasteiger partial charge is 0.131 e. The molecule has 9 rings (SSSR count). The van der Waals surface area contributed by atoms with Gasteiger partial charge >= 0.3 is 0 Å². The second-order valence-corrected chi connectivity index (χ2v) is 21.0. The van der Waals surface area contributed by atoms with Crippen molar-refractivity contribution in [3.05, 3.63) is 177 Å². The molecule has 9 aromatic rings. The highest BCUT2D eigenvalue weighted by atomic mass is 32.1. The third-order valence-corrected chi connectivity index (χ3v) is 17.3. The molecular formula is C54H27N7S6. The summed E-state index contributed by atoms with van der Waals surface area (Å²) in [7, 11) is 0. The molecule has 6 heterocycles. The standard InChI is InChI=1S/C54H27N7S6/c55-28-34(29-56)25-43-13-16-49(62-43)52-22-19-46(65-52)37-1-7-40(8-2-37)61(41-9-3-38(4-10-41)47-20-23-53(66-47)50-17-14-44(63-50)26-35(30-57)31-58)42-11-5-39(6-12-42)48-21-24-54(67-48)51-18-15-45(64-51)27-36(32-59)33-60/h1-27H. The van der Waals surface area contributed by atoms with E-state index in [1.165, 1.54) is 0 Å². The molecule has 0 N–H and O–H groups in total. The Bertz CT molecular complexity index is 3220. The van der Waals surface area contributed by atoms with Gasteiger partial charge < -0.3 is 4.90 Å².